The van der Waals surface area contributed by atoms with Crippen LogP contribution in [0.25, 0.3) is 10.9 Å². The summed E-state index contributed by atoms with van der Waals surface area (Å²) in [4.78, 5) is 25.6. The fraction of sp³-hybridized carbons (Fsp3) is 0.458. The van der Waals surface area contributed by atoms with Gasteiger partial charge in [0, 0.05) is 57.2 Å². The van der Waals surface area contributed by atoms with Gasteiger partial charge in [0.25, 0.3) is 0 Å². The number of hydrogen-bond acceptors (Lipinski definition) is 6. The molecule has 1 aromatic carbocycles. The molecule has 1 saturated heterocycles. The monoisotopic (exact) mass is 419 g/mol. The number of rotatable bonds is 5. The van der Waals surface area contributed by atoms with Gasteiger partial charge in [0.2, 0.25) is 11.4 Å². The van der Waals surface area contributed by atoms with Gasteiger partial charge in [-0.05, 0) is 49.9 Å². The summed E-state index contributed by atoms with van der Waals surface area (Å²) in [5, 5.41) is 0.994. The van der Waals surface area contributed by atoms with Crippen molar-refractivity contribution in [1.82, 2.24) is 19.4 Å². The molecule has 0 unspecified atom stereocenters. The lowest BCUT2D eigenvalue weighted by molar-refractivity contribution is 0.204. The lowest BCUT2D eigenvalue weighted by Crippen LogP contribution is -2.46. The first-order valence-corrected chi connectivity index (χ1v) is 11.2. The molecule has 2 aromatic heterocycles. The van der Waals surface area contributed by atoms with Crippen LogP contribution in [0.4, 0.5) is 5.69 Å². The van der Waals surface area contributed by atoms with E-state index in [9.17, 15) is 4.79 Å². The highest BCUT2D eigenvalue weighted by Gasteiger charge is 2.21. The fourth-order valence-electron chi connectivity index (χ4n) is 4.63. The fourth-order valence-corrected chi connectivity index (χ4v) is 4.63. The molecule has 7 heteroatoms. The number of fused-ring (bicyclic) bond motifs is 1. The minimum Gasteiger partial charge on any atom is -0.474 e. The number of pyridine rings is 1. The zero-order valence-corrected chi connectivity index (χ0v) is 18.0. The van der Waals surface area contributed by atoms with Crippen LogP contribution < -0.4 is 15.2 Å². The van der Waals surface area contributed by atoms with Crippen LogP contribution in [0.2, 0.25) is 0 Å². The van der Waals surface area contributed by atoms with Gasteiger partial charge in [0.15, 0.2) is 0 Å². The molecule has 5 rings (SSSR count). The quantitative estimate of drug-likeness (QED) is 0.634. The van der Waals surface area contributed by atoms with E-state index < -0.39 is 0 Å². The minimum atomic E-state index is 0.0464. The van der Waals surface area contributed by atoms with Crippen molar-refractivity contribution in [3.8, 4) is 5.88 Å². The standard InChI is InChI=1S/C24H29N5O2/c1-27-19(5-4-8-23(27)30)16-28-11-13-29(14-12-28)18-9-10-22-21(15-18)24(26-17-25-22)31-20-6-2-3-7-20/h4-5,8-10,15,17,20H,2-3,6-7,11-14,16H2,1H3. The maximum Gasteiger partial charge on any atom is 0.250 e. The van der Waals surface area contributed by atoms with Gasteiger partial charge in [0.1, 0.15) is 12.4 Å². The molecule has 0 atom stereocenters. The van der Waals surface area contributed by atoms with Crippen LogP contribution in [-0.4, -0.2) is 51.7 Å². The summed E-state index contributed by atoms with van der Waals surface area (Å²) in [6.45, 7) is 4.60. The Kier molecular flexibility index (Phi) is 5.59. The van der Waals surface area contributed by atoms with Crippen molar-refractivity contribution in [2.75, 3.05) is 31.1 Å². The molecule has 3 heterocycles. The molecule has 1 aliphatic carbocycles. The van der Waals surface area contributed by atoms with Crippen molar-refractivity contribution < 1.29 is 4.74 Å². The summed E-state index contributed by atoms with van der Waals surface area (Å²) in [5.74, 6) is 0.711. The average Bonchev–Trinajstić information content (AvgIpc) is 3.31. The van der Waals surface area contributed by atoms with Gasteiger partial charge in [-0.1, -0.05) is 6.07 Å². The lowest BCUT2D eigenvalue weighted by Gasteiger charge is -2.36. The first-order chi connectivity index (χ1) is 15.2. The summed E-state index contributed by atoms with van der Waals surface area (Å²) in [6.07, 6.45) is 6.57. The number of anilines is 1. The maximum absolute atomic E-state index is 11.9. The second kappa shape index (κ2) is 8.67. The molecule has 0 bridgehead atoms. The summed E-state index contributed by atoms with van der Waals surface area (Å²) in [6, 6.07) is 11.9. The summed E-state index contributed by atoms with van der Waals surface area (Å²) in [5.41, 5.74) is 3.21. The molecule has 2 fully saturated rings. The molecule has 7 nitrogen and oxygen atoms in total. The van der Waals surface area contributed by atoms with Crippen molar-refractivity contribution in [2.24, 2.45) is 7.05 Å². The Morgan fingerprint density at radius 1 is 1.03 bits per heavy atom. The van der Waals surface area contributed by atoms with Crippen molar-refractivity contribution in [3.05, 3.63) is 58.8 Å². The van der Waals surface area contributed by atoms with E-state index >= 15 is 0 Å². The molecular weight excluding hydrogens is 390 g/mol. The zero-order valence-electron chi connectivity index (χ0n) is 18.0. The van der Waals surface area contributed by atoms with Crippen LogP contribution in [0.1, 0.15) is 31.4 Å². The molecule has 0 N–H and O–H groups in total. The number of hydrogen-bond donors (Lipinski definition) is 0. The Labute approximate surface area is 182 Å². The Balaban J connectivity index is 1.29. The van der Waals surface area contributed by atoms with Gasteiger partial charge in [0.05, 0.1) is 10.9 Å². The first kappa shape index (κ1) is 20.0. The number of benzene rings is 1. The van der Waals surface area contributed by atoms with Gasteiger partial charge in [-0.3, -0.25) is 9.69 Å². The Morgan fingerprint density at radius 2 is 1.84 bits per heavy atom. The van der Waals surface area contributed by atoms with E-state index in [1.165, 1.54) is 18.5 Å². The summed E-state index contributed by atoms with van der Waals surface area (Å²) in [7, 11) is 1.84. The molecule has 31 heavy (non-hydrogen) atoms. The zero-order chi connectivity index (χ0) is 21.2. The maximum atomic E-state index is 11.9. The number of aromatic nitrogens is 3. The van der Waals surface area contributed by atoms with Gasteiger partial charge in [-0.25, -0.2) is 9.97 Å². The van der Waals surface area contributed by atoms with E-state index in [-0.39, 0.29) is 11.7 Å². The Morgan fingerprint density at radius 3 is 2.65 bits per heavy atom. The van der Waals surface area contributed by atoms with Gasteiger partial charge >= 0.3 is 0 Å². The highest BCUT2D eigenvalue weighted by molar-refractivity contribution is 5.86. The van der Waals surface area contributed by atoms with Crippen LogP contribution in [0.3, 0.4) is 0 Å². The number of nitrogens with zero attached hydrogens (tertiary/aromatic N) is 5. The van der Waals surface area contributed by atoms with E-state index in [1.807, 2.05) is 19.2 Å². The third kappa shape index (κ3) is 4.28. The normalized spacial score (nSPS) is 18.0. The molecule has 0 radical (unpaired) electrons. The summed E-state index contributed by atoms with van der Waals surface area (Å²) < 4.78 is 7.97. The van der Waals surface area contributed by atoms with Crippen LogP contribution >= 0.6 is 0 Å². The minimum absolute atomic E-state index is 0.0464. The predicted octanol–water partition coefficient (Wildman–Crippen LogP) is 2.97. The van der Waals surface area contributed by atoms with Gasteiger partial charge < -0.3 is 14.2 Å². The molecule has 2 aliphatic rings. The van der Waals surface area contributed by atoms with E-state index in [2.05, 4.69) is 38.0 Å². The van der Waals surface area contributed by atoms with Crippen molar-refractivity contribution in [1.29, 1.82) is 0 Å². The number of piperazine rings is 1. The van der Waals surface area contributed by atoms with E-state index in [0.29, 0.717) is 5.88 Å². The van der Waals surface area contributed by atoms with Crippen molar-refractivity contribution in [2.45, 2.75) is 38.3 Å². The third-order valence-electron chi connectivity index (χ3n) is 6.57. The van der Waals surface area contributed by atoms with Crippen LogP contribution in [0, 0.1) is 0 Å². The van der Waals surface area contributed by atoms with Crippen molar-refractivity contribution >= 4 is 16.6 Å². The van der Waals surface area contributed by atoms with Gasteiger partial charge in [-0.2, -0.15) is 0 Å². The predicted molar refractivity (Wildman–Crippen MR) is 122 cm³/mol. The molecule has 1 aliphatic heterocycles. The SMILES string of the molecule is Cn1c(CN2CCN(c3ccc4ncnc(OC5CCCC5)c4c3)CC2)cccc1=O. The molecular formula is C24H29N5O2. The molecule has 162 valence electrons. The van der Waals surface area contributed by atoms with Crippen molar-refractivity contribution in [3.63, 3.8) is 0 Å². The van der Waals surface area contributed by atoms with E-state index in [4.69, 9.17) is 4.74 Å². The third-order valence-corrected chi connectivity index (χ3v) is 6.57. The number of ether oxygens (including phenoxy) is 1. The van der Waals surface area contributed by atoms with Gasteiger partial charge in [-0.15, -0.1) is 0 Å². The van der Waals surface area contributed by atoms with Crippen LogP contribution in [-0.2, 0) is 13.6 Å². The molecule has 0 spiro atoms. The van der Waals surface area contributed by atoms with E-state index in [1.54, 1.807) is 17.0 Å². The lowest BCUT2D eigenvalue weighted by atomic mass is 10.1. The van der Waals surface area contributed by atoms with Crippen LogP contribution in [0.15, 0.2) is 47.5 Å². The van der Waals surface area contributed by atoms with Crippen LogP contribution in [0.5, 0.6) is 5.88 Å². The second-order valence-electron chi connectivity index (χ2n) is 8.58. The average molecular weight is 420 g/mol. The highest BCUT2D eigenvalue weighted by Crippen LogP contribution is 2.30. The van der Waals surface area contributed by atoms with E-state index in [0.717, 1.165) is 62.2 Å². The molecule has 3 aromatic rings. The molecule has 0 amide bonds. The largest absolute Gasteiger partial charge is 0.474 e. The smallest absolute Gasteiger partial charge is 0.250 e. The highest BCUT2D eigenvalue weighted by atomic mass is 16.5. The summed E-state index contributed by atoms with van der Waals surface area (Å²) >= 11 is 0. The first-order valence-electron chi connectivity index (χ1n) is 11.2. The topological polar surface area (TPSA) is 63.5 Å². The second-order valence-corrected chi connectivity index (χ2v) is 8.58. The molecule has 1 saturated carbocycles. The Bertz CT molecular complexity index is 1110. The Hall–Kier alpha value is -2.93.